The van der Waals surface area contributed by atoms with Crippen molar-refractivity contribution in [3.8, 4) is 11.3 Å². The van der Waals surface area contributed by atoms with Gasteiger partial charge in [0.1, 0.15) is 5.69 Å². The number of aromatic nitrogens is 1. The third-order valence-corrected chi connectivity index (χ3v) is 2.42. The highest BCUT2D eigenvalue weighted by molar-refractivity contribution is 7.63. The van der Waals surface area contributed by atoms with Gasteiger partial charge >= 0.3 is 4.71 Å². The smallest absolute Gasteiger partial charge is 0.311 e. The van der Waals surface area contributed by atoms with Crippen molar-refractivity contribution in [2.75, 3.05) is 0 Å². The summed E-state index contributed by atoms with van der Waals surface area (Å²) < 4.78 is 38.3. The summed E-state index contributed by atoms with van der Waals surface area (Å²) in [5.41, 5.74) is 0.547. The molecule has 6 heteroatoms. The van der Waals surface area contributed by atoms with Crippen LogP contribution in [0.3, 0.4) is 0 Å². The van der Waals surface area contributed by atoms with E-state index in [1.807, 2.05) is 0 Å². The van der Waals surface area contributed by atoms with E-state index in [0.29, 0.717) is 5.56 Å². The third kappa shape index (κ3) is 1.71. The topological polar surface area (TPSA) is 63.1 Å². The Morgan fingerprint density at radius 3 is 2.40 bits per heavy atom. The Morgan fingerprint density at radius 2 is 1.87 bits per heavy atom. The quantitative estimate of drug-likeness (QED) is 0.756. The molecule has 0 amide bonds. The highest BCUT2D eigenvalue weighted by Crippen LogP contribution is 2.20. The van der Waals surface area contributed by atoms with E-state index in [0.717, 1.165) is 0 Å². The molecule has 0 aliphatic heterocycles. The molecular formula is C9H6FNO3S. The van der Waals surface area contributed by atoms with Crippen molar-refractivity contribution in [1.29, 1.82) is 0 Å². The monoisotopic (exact) mass is 227 g/mol. The number of benzene rings is 1. The zero-order chi connectivity index (χ0) is 10.8. The van der Waals surface area contributed by atoms with E-state index in [2.05, 4.69) is 9.68 Å². The van der Waals surface area contributed by atoms with Crippen LogP contribution in [0.2, 0.25) is 0 Å². The van der Waals surface area contributed by atoms with Crippen LogP contribution in [-0.2, 0) is 10.3 Å². The van der Waals surface area contributed by atoms with Gasteiger partial charge in [-0.05, 0) is 0 Å². The second kappa shape index (κ2) is 3.74. The van der Waals surface area contributed by atoms with Gasteiger partial charge in [-0.25, -0.2) is 5.16 Å². The zero-order valence-electron chi connectivity index (χ0n) is 7.40. The van der Waals surface area contributed by atoms with Crippen LogP contribution < -0.4 is 0 Å². The Kier molecular flexibility index (Phi) is 2.42. The molecule has 1 aromatic heterocycles. The van der Waals surface area contributed by atoms with E-state index >= 15 is 0 Å². The molecular weight excluding hydrogens is 221 g/mol. The SMILES string of the molecule is O=S(=O)=c1o[nH]c(-c2ccccc2)c1F. The van der Waals surface area contributed by atoms with Gasteiger partial charge in [-0.1, -0.05) is 30.3 Å². The molecule has 0 radical (unpaired) electrons. The Balaban J connectivity index is 2.73. The molecule has 0 aliphatic carbocycles. The summed E-state index contributed by atoms with van der Waals surface area (Å²) in [5, 5.41) is 2.23. The maximum absolute atomic E-state index is 13.5. The second-order valence-electron chi connectivity index (χ2n) is 2.78. The molecule has 4 nitrogen and oxygen atoms in total. The maximum atomic E-state index is 13.5. The van der Waals surface area contributed by atoms with Gasteiger partial charge in [0.15, 0.2) is 0 Å². The number of hydrogen-bond donors (Lipinski definition) is 1. The molecule has 15 heavy (non-hydrogen) atoms. The lowest BCUT2D eigenvalue weighted by atomic mass is 10.1. The van der Waals surface area contributed by atoms with Gasteiger partial charge in [-0.3, -0.25) is 0 Å². The summed E-state index contributed by atoms with van der Waals surface area (Å²) in [6, 6.07) is 8.48. The number of nitrogens with one attached hydrogen (secondary N) is 1. The molecule has 1 N–H and O–H groups in total. The van der Waals surface area contributed by atoms with Gasteiger partial charge in [0.05, 0.1) is 0 Å². The summed E-state index contributed by atoms with van der Waals surface area (Å²) >= 11 is 0. The van der Waals surface area contributed by atoms with Crippen LogP contribution in [0.4, 0.5) is 4.39 Å². The van der Waals surface area contributed by atoms with Gasteiger partial charge in [0.2, 0.25) is 5.82 Å². The number of halogens is 1. The van der Waals surface area contributed by atoms with Gasteiger partial charge in [0.25, 0.3) is 10.3 Å². The first-order valence-electron chi connectivity index (χ1n) is 4.05. The zero-order valence-corrected chi connectivity index (χ0v) is 8.21. The van der Waals surface area contributed by atoms with Gasteiger partial charge < -0.3 is 4.52 Å². The molecule has 2 aromatic rings. The largest absolute Gasteiger partial charge is 0.362 e. The predicted molar refractivity (Wildman–Crippen MR) is 50.6 cm³/mol. The fraction of sp³-hybridized carbons (Fsp3) is 0. The minimum atomic E-state index is -2.72. The van der Waals surface area contributed by atoms with Crippen LogP contribution in [0.15, 0.2) is 34.9 Å². The van der Waals surface area contributed by atoms with Crippen LogP contribution in [0.5, 0.6) is 0 Å². The second-order valence-corrected chi connectivity index (χ2v) is 3.62. The van der Waals surface area contributed by atoms with E-state index in [1.165, 1.54) is 0 Å². The van der Waals surface area contributed by atoms with E-state index in [1.54, 1.807) is 30.3 Å². The van der Waals surface area contributed by atoms with Gasteiger partial charge in [-0.2, -0.15) is 12.8 Å². The fourth-order valence-corrected chi connectivity index (χ4v) is 1.54. The van der Waals surface area contributed by atoms with Crippen LogP contribution in [0.1, 0.15) is 0 Å². The van der Waals surface area contributed by atoms with Gasteiger partial charge in [-0.15, -0.1) is 0 Å². The van der Waals surface area contributed by atoms with Crippen molar-refractivity contribution in [1.82, 2.24) is 5.16 Å². The highest BCUT2D eigenvalue weighted by atomic mass is 32.2. The predicted octanol–water partition coefficient (Wildman–Crippen LogP) is 1.82. The summed E-state index contributed by atoms with van der Waals surface area (Å²) in [4.78, 5) is 0. The molecule has 1 aromatic carbocycles. The van der Waals surface area contributed by atoms with Crippen LogP contribution in [-0.4, -0.2) is 13.6 Å². The molecule has 0 spiro atoms. The summed E-state index contributed by atoms with van der Waals surface area (Å²) in [5.74, 6) is -0.908. The molecule has 0 unspecified atom stereocenters. The van der Waals surface area contributed by atoms with Crippen molar-refractivity contribution in [3.63, 3.8) is 0 Å². The normalized spacial score (nSPS) is 10.2. The maximum Gasteiger partial charge on any atom is 0.311 e. The molecule has 0 fully saturated rings. The van der Waals surface area contributed by atoms with Crippen LogP contribution in [0.25, 0.3) is 11.3 Å². The molecule has 0 bridgehead atoms. The first-order chi connectivity index (χ1) is 7.20. The average molecular weight is 227 g/mol. The first kappa shape index (κ1) is 9.72. The van der Waals surface area contributed by atoms with E-state index in [9.17, 15) is 12.8 Å². The standard InChI is InChI=1S/C9H6FNO3S/c10-7-8(6-4-2-1-3-5-6)11-14-9(7)15(12)13/h1-5,11H. The fourth-order valence-electron chi connectivity index (χ4n) is 1.19. The molecule has 0 aliphatic rings. The van der Waals surface area contributed by atoms with Crippen molar-refractivity contribution in [2.45, 2.75) is 0 Å². The lowest BCUT2D eigenvalue weighted by Gasteiger charge is -1.93. The summed E-state index contributed by atoms with van der Waals surface area (Å²) in [6.07, 6.45) is 0. The highest BCUT2D eigenvalue weighted by Gasteiger charge is 2.12. The van der Waals surface area contributed by atoms with E-state index in [-0.39, 0.29) is 5.69 Å². The van der Waals surface area contributed by atoms with Crippen LogP contribution >= 0.6 is 0 Å². The molecule has 78 valence electrons. The van der Waals surface area contributed by atoms with Crippen molar-refractivity contribution >= 4 is 10.3 Å². The summed E-state index contributed by atoms with van der Waals surface area (Å²) in [7, 11) is -2.72. The van der Waals surface area contributed by atoms with Crippen molar-refractivity contribution in [2.24, 2.45) is 0 Å². The Hall–Kier alpha value is -1.82. The lowest BCUT2D eigenvalue weighted by Crippen LogP contribution is -1.80. The Morgan fingerprint density at radius 1 is 1.20 bits per heavy atom. The number of hydrogen-bond acceptors (Lipinski definition) is 3. The van der Waals surface area contributed by atoms with Gasteiger partial charge in [0, 0.05) is 5.56 Å². The molecule has 1 heterocycles. The Bertz CT molecular complexity index is 631. The van der Waals surface area contributed by atoms with E-state index in [4.69, 9.17) is 0 Å². The molecule has 0 atom stereocenters. The first-order valence-corrected chi connectivity index (χ1v) is 5.12. The van der Waals surface area contributed by atoms with Crippen molar-refractivity contribution < 1.29 is 17.3 Å². The minimum absolute atomic E-state index is 0.0230. The van der Waals surface area contributed by atoms with Crippen molar-refractivity contribution in [3.05, 3.63) is 40.9 Å². The number of rotatable bonds is 1. The summed E-state index contributed by atoms with van der Waals surface area (Å²) in [6.45, 7) is 0. The number of aromatic amines is 1. The molecule has 0 saturated heterocycles. The van der Waals surface area contributed by atoms with E-state index < -0.39 is 20.8 Å². The lowest BCUT2D eigenvalue weighted by molar-refractivity contribution is 0.399. The molecule has 2 rings (SSSR count). The minimum Gasteiger partial charge on any atom is -0.362 e. The molecule has 0 saturated carbocycles. The third-order valence-electron chi connectivity index (χ3n) is 1.86. The average Bonchev–Trinajstić information content (AvgIpc) is 2.61. The number of H-pyrrole nitrogens is 1. The van der Waals surface area contributed by atoms with Crippen LogP contribution in [0, 0.1) is 10.5 Å². The Labute approximate surface area is 85.5 Å².